The van der Waals surface area contributed by atoms with Crippen molar-refractivity contribution in [3.8, 4) is 0 Å². The summed E-state index contributed by atoms with van der Waals surface area (Å²) in [6.45, 7) is 0. The molecule has 0 spiro atoms. The molecule has 10 heavy (non-hydrogen) atoms. The predicted molar refractivity (Wildman–Crippen MR) is 36.6 cm³/mol. The summed E-state index contributed by atoms with van der Waals surface area (Å²) in [5.74, 6) is 0. The van der Waals surface area contributed by atoms with E-state index in [4.69, 9.17) is 0 Å². The molecule has 0 fully saturated rings. The van der Waals surface area contributed by atoms with Gasteiger partial charge < -0.3 is 10.1 Å². The summed E-state index contributed by atoms with van der Waals surface area (Å²) in [5, 5.41) is 9.23. The number of imidazole rings is 1. The number of nitrogens with zero attached hydrogens (tertiary/aromatic N) is 1. The molecule has 0 saturated heterocycles. The van der Waals surface area contributed by atoms with E-state index in [-0.39, 0.29) is 6.10 Å². The minimum Gasteiger partial charge on any atom is -0.393 e. The highest BCUT2D eigenvalue weighted by Gasteiger charge is 2.17. The number of fused-ring (bicyclic) bond motifs is 1. The highest BCUT2D eigenvalue weighted by Crippen LogP contribution is 2.16. The van der Waals surface area contributed by atoms with Crippen LogP contribution in [0.2, 0.25) is 0 Å². The van der Waals surface area contributed by atoms with Crippen LogP contribution in [-0.4, -0.2) is 21.2 Å². The first-order chi connectivity index (χ1) is 4.86. The molecule has 0 radical (unpaired) electrons. The number of aryl methyl sites for hydroxylation is 1. The van der Waals surface area contributed by atoms with Crippen LogP contribution in [0.25, 0.3) is 0 Å². The molecule has 3 heteroatoms. The van der Waals surface area contributed by atoms with Crippen molar-refractivity contribution in [1.82, 2.24) is 9.97 Å². The average Bonchev–Trinajstić information content (AvgIpc) is 2.33. The number of hydrogen-bond acceptors (Lipinski definition) is 2. The van der Waals surface area contributed by atoms with Crippen LogP contribution in [0.4, 0.5) is 0 Å². The van der Waals surface area contributed by atoms with E-state index in [2.05, 4.69) is 9.97 Å². The molecule has 1 atom stereocenters. The minimum absolute atomic E-state index is 0.159. The van der Waals surface area contributed by atoms with Gasteiger partial charge in [-0.05, 0) is 12.8 Å². The Morgan fingerprint density at radius 1 is 1.70 bits per heavy atom. The maximum atomic E-state index is 9.23. The molecule has 0 aromatic carbocycles. The molecule has 2 N–H and O–H groups in total. The van der Waals surface area contributed by atoms with Gasteiger partial charge in [0.2, 0.25) is 0 Å². The van der Waals surface area contributed by atoms with Crippen molar-refractivity contribution in [2.45, 2.75) is 25.4 Å². The van der Waals surface area contributed by atoms with Gasteiger partial charge >= 0.3 is 0 Å². The topological polar surface area (TPSA) is 48.9 Å². The minimum atomic E-state index is -0.159. The third-order valence-electron chi connectivity index (χ3n) is 1.96. The molecular formula is C7H10N2O. The molecule has 0 bridgehead atoms. The van der Waals surface area contributed by atoms with Gasteiger partial charge in [0, 0.05) is 12.1 Å². The summed E-state index contributed by atoms with van der Waals surface area (Å²) >= 11 is 0. The van der Waals surface area contributed by atoms with Crippen molar-refractivity contribution in [2.24, 2.45) is 0 Å². The Bertz CT molecular complexity index is 231. The fourth-order valence-corrected chi connectivity index (χ4v) is 1.38. The Labute approximate surface area is 59.1 Å². The maximum Gasteiger partial charge on any atom is 0.0925 e. The first-order valence-corrected chi connectivity index (χ1v) is 3.55. The summed E-state index contributed by atoms with van der Waals surface area (Å²) in [6, 6.07) is 0. The van der Waals surface area contributed by atoms with Gasteiger partial charge in [0.1, 0.15) is 0 Å². The van der Waals surface area contributed by atoms with Gasteiger partial charge in [-0.25, -0.2) is 4.98 Å². The molecule has 0 aliphatic heterocycles. The predicted octanol–water partition coefficient (Wildman–Crippen LogP) is 0.259. The van der Waals surface area contributed by atoms with E-state index >= 15 is 0 Å². The molecule has 0 unspecified atom stereocenters. The van der Waals surface area contributed by atoms with Crippen LogP contribution in [0.5, 0.6) is 0 Å². The maximum absolute atomic E-state index is 9.23. The van der Waals surface area contributed by atoms with Gasteiger partial charge in [0.05, 0.1) is 18.1 Å². The lowest BCUT2D eigenvalue weighted by molar-refractivity contribution is 0.157. The number of aliphatic hydroxyl groups excluding tert-OH is 1. The third kappa shape index (κ3) is 0.827. The molecule has 3 nitrogen and oxygen atoms in total. The molecule has 0 amide bonds. The first kappa shape index (κ1) is 5.92. The van der Waals surface area contributed by atoms with Crippen LogP contribution in [-0.2, 0) is 12.8 Å². The number of H-pyrrole nitrogens is 1. The average molecular weight is 138 g/mol. The number of rotatable bonds is 0. The second kappa shape index (κ2) is 2.09. The summed E-state index contributed by atoms with van der Waals surface area (Å²) in [4.78, 5) is 7.14. The molecule has 2 rings (SSSR count). The summed E-state index contributed by atoms with van der Waals surface area (Å²) < 4.78 is 0. The van der Waals surface area contributed by atoms with E-state index in [0.717, 1.165) is 30.7 Å². The van der Waals surface area contributed by atoms with Crippen LogP contribution in [0.3, 0.4) is 0 Å². The smallest absolute Gasteiger partial charge is 0.0925 e. The third-order valence-corrected chi connectivity index (χ3v) is 1.96. The van der Waals surface area contributed by atoms with Crippen molar-refractivity contribution >= 4 is 0 Å². The Morgan fingerprint density at radius 2 is 2.60 bits per heavy atom. The molecule has 1 aliphatic carbocycles. The van der Waals surface area contributed by atoms with Crippen molar-refractivity contribution in [1.29, 1.82) is 0 Å². The highest BCUT2D eigenvalue weighted by molar-refractivity contribution is 5.15. The quantitative estimate of drug-likeness (QED) is 0.540. The molecular weight excluding hydrogens is 128 g/mol. The van der Waals surface area contributed by atoms with Crippen molar-refractivity contribution in [3.63, 3.8) is 0 Å². The Kier molecular flexibility index (Phi) is 1.24. The van der Waals surface area contributed by atoms with Crippen LogP contribution < -0.4 is 0 Å². The van der Waals surface area contributed by atoms with E-state index in [1.54, 1.807) is 6.33 Å². The Hall–Kier alpha value is -0.830. The standard InChI is InChI=1S/C7H10N2O/c10-5-1-2-6-7(3-5)9-4-8-6/h4-5,10H,1-3H2,(H,8,9)/t5-/m1/s1. The van der Waals surface area contributed by atoms with Gasteiger partial charge in [0.25, 0.3) is 0 Å². The number of aromatic amines is 1. The zero-order chi connectivity index (χ0) is 6.97. The van der Waals surface area contributed by atoms with Crippen molar-refractivity contribution in [2.75, 3.05) is 0 Å². The number of aliphatic hydroxyl groups is 1. The highest BCUT2D eigenvalue weighted by atomic mass is 16.3. The molecule has 0 saturated carbocycles. The SMILES string of the molecule is O[C@@H]1CCc2nc[nH]c2C1. The van der Waals surface area contributed by atoms with E-state index in [1.165, 1.54) is 0 Å². The monoisotopic (exact) mass is 138 g/mol. The van der Waals surface area contributed by atoms with Crippen LogP contribution in [0, 0.1) is 0 Å². The number of hydrogen-bond donors (Lipinski definition) is 2. The van der Waals surface area contributed by atoms with E-state index in [9.17, 15) is 5.11 Å². The van der Waals surface area contributed by atoms with Gasteiger partial charge in [-0.15, -0.1) is 0 Å². The van der Waals surface area contributed by atoms with Crippen LogP contribution in [0.15, 0.2) is 6.33 Å². The molecule has 1 aliphatic rings. The largest absolute Gasteiger partial charge is 0.393 e. The van der Waals surface area contributed by atoms with Gasteiger partial charge in [0.15, 0.2) is 0 Å². The Morgan fingerprint density at radius 3 is 3.50 bits per heavy atom. The van der Waals surface area contributed by atoms with E-state index in [1.807, 2.05) is 0 Å². The zero-order valence-electron chi connectivity index (χ0n) is 5.67. The van der Waals surface area contributed by atoms with Crippen LogP contribution in [0.1, 0.15) is 17.8 Å². The van der Waals surface area contributed by atoms with Crippen molar-refractivity contribution in [3.05, 3.63) is 17.7 Å². The second-order valence-corrected chi connectivity index (χ2v) is 2.72. The summed E-state index contributed by atoms with van der Waals surface area (Å²) in [5.41, 5.74) is 2.24. The number of aromatic nitrogens is 2. The van der Waals surface area contributed by atoms with Crippen LogP contribution >= 0.6 is 0 Å². The fourth-order valence-electron chi connectivity index (χ4n) is 1.38. The van der Waals surface area contributed by atoms with Gasteiger partial charge in [-0.2, -0.15) is 0 Å². The molecule has 1 heterocycles. The second-order valence-electron chi connectivity index (χ2n) is 2.72. The van der Waals surface area contributed by atoms with E-state index in [0.29, 0.717) is 0 Å². The molecule has 1 aromatic rings. The lowest BCUT2D eigenvalue weighted by atomic mass is 9.99. The van der Waals surface area contributed by atoms with Gasteiger partial charge in [-0.3, -0.25) is 0 Å². The van der Waals surface area contributed by atoms with Gasteiger partial charge in [-0.1, -0.05) is 0 Å². The lowest BCUT2D eigenvalue weighted by Crippen LogP contribution is -2.18. The fraction of sp³-hybridized carbons (Fsp3) is 0.571. The summed E-state index contributed by atoms with van der Waals surface area (Å²) in [7, 11) is 0. The first-order valence-electron chi connectivity index (χ1n) is 3.55. The molecule has 54 valence electrons. The Balaban J connectivity index is 2.30. The van der Waals surface area contributed by atoms with E-state index < -0.39 is 0 Å². The molecule has 1 aromatic heterocycles. The lowest BCUT2D eigenvalue weighted by Gasteiger charge is -2.14. The normalized spacial score (nSPS) is 24.3. The zero-order valence-corrected chi connectivity index (χ0v) is 5.67. The van der Waals surface area contributed by atoms with Crippen molar-refractivity contribution < 1.29 is 5.11 Å². The number of nitrogens with one attached hydrogen (secondary N) is 1. The summed E-state index contributed by atoms with van der Waals surface area (Å²) in [6.07, 6.45) is 4.06.